The minimum atomic E-state index is -6.09. The number of hydrogen-bond acceptors (Lipinski definition) is 2. The largest absolute Gasteiger partial charge is 0.465 e. The number of ether oxygens (including phenoxy) is 1. The Morgan fingerprint density at radius 2 is 1.67 bits per heavy atom. The number of nitrogens with zero attached hydrogens (tertiary/aromatic N) is 1. The molecule has 0 fully saturated rings. The summed E-state index contributed by atoms with van der Waals surface area (Å²) in [5, 5.41) is 8.46. The van der Waals surface area contributed by atoms with Crippen LogP contribution in [0, 0.1) is 0 Å². The van der Waals surface area contributed by atoms with Gasteiger partial charge in [-0.15, -0.1) is 0 Å². The smallest absolute Gasteiger partial charge is 0.448 e. The molecule has 0 saturated carbocycles. The van der Waals surface area contributed by atoms with E-state index in [-0.39, 0.29) is 6.92 Å². The first-order valence-electron chi connectivity index (χ1n) is 4.52. The van der Waals surface area contributed by atoms with Crippen LogP contribution in [0.1, 0.15) is 6.92 Å². The van der Waals surface area contributed by atoms with Crippen molar-refractivity contribution in [1.82, 2.24) is 4.90 Å². The Morgan fingerprint density at radius 3 is 1.89 bits per heavy atom. The van der Waals surface area contributed by atoms with Gasteiger partial charge in [-0.3, -0.25) is 4.90 Å². The molecule has 0 aromatic heterocycles. The fraction of sp³-hybridized carbons (Fsp3) is 0.875. The number of amides is 1. The summed E-state index contributed by atoms with van der Waals surface area (Å²) in [6.45, 7) is -2.20. The minimum Gasteiger partial charge on any atom is -0.465 e. The van der Waals surface area contributed by atoms with Crippen LogP contribution in [0.25, 0.3) is 0 Å². The third-order valence-electron chi connectivity index (χ3n) is 2.08. The molecule has 10 heteroatoms. The van der Waals surface area contributed by atoms with E-state index in [1.54, 1.807) is 0 Å². The van der Waals surface area contributed by atoms with Gasteiger partial charge in [0.15, 0.2) is 0 Å². The Hall–Kier alpha value is -1.19. The molecule has 0 rings (SSSR count). The number of halogens is 6. The van der Waals surface area contributed by atoms with Gasteiger partial charge in [-0.1, -0.05) is 0 Å². The van der Waals surface area contributed by atoms with E-state index in [1.807, 2.05) is 0 Å². The van der Waals surface area contributed by atoms with Crippen LogP contribution < -0.4 is 0 Å². The van der Waals surface area contributed by atoms with Crippen molar-refractivity contribution in [2.75, 3.05) is 20.3 Å². The van der Waals surface area contributed by atoms with E-state index in [0.29, 0.717) is 0 Å². The van der Waals surface area contributed by atoms with E-state index < -0.39 is 42.0 Å². The van der Waals surface area contributed by atoms with E-state index in [2.05, 4.69) is 4.74 Å². The second kappa shape index (κ2) is 5.21. The minimum absolute atomic E-state index is 0.344. The van der Waals surface area contributed by atoms with E-state index in [0.717, 1.165) is 7.11 Å². The van der Waals surface area contributed by atoms with Gasteiger partial charge in [0, 0.05) is 14.0 Å². The zero-order valence-electron chi connectivity index (χ0n) is 9.39. The fourth-order valence-corrected chi connectivity index (χ4v) is 1.20. The molecule has 0 aliphatic heterocycles. The van der Waals surface area contributed by atoms with Crippen LogP contribution in [0.2, 0.25) is 0 Å². The van der Waals surface area contributed by atoms with Crippen molar-refractivity contribution < 1.29 is 41.0 Å². The molecule has 0 saturated heterocycles. The lowest BCUT2D eigenvalue weighted by molar-refractivity contribution is -0.342. The Balaban J connectivity index is 5.60. The van der Waals surface area contributed by atoms with Gasteiger partial charge in [-0.2, -0.15) is 13.2 Å². The first-order chi connectivity index (χ1) is 7.89. The lowest BCUT2D eigenvalue weighted by atomic mass is 10.1. The molecule has 1 unspecified atom stereocenters. The summed E-state index contributed by atoms with van der Waals surface area (Å²) in [4.78, 5) is 9.53. The molecule has 0 bridgehead atoms. The Kier molecular flexibility index (Phi) is 4.86. The maximum absolute atomic E-state index is 13.7. The predicted molar refractivity (Wildman–Crippen MR) is 47.1 cm³/mol. The number of carbonyl (C=O) groups is 1. The highest BCUT2D eigenvalue weighted by molar-refractivity contribution is 5.66. The predicted octanol–water partition coefficient (Wildman–Crippen LogP) is 2.50. The van der Waals surface area contributed by atoms with Crippen LogP contribution in [-0.4, -0.2) is 54.3 Å². The molecular weight excluding hydrogens is 272 g/mol. The number of rotatable bonds is 5. The monoisotopic (exact) mass is 283 g/mol. The molecule has 0 heterocycles. The van der Waals surface area contributed by atoms with Gasteiger partial charge >= 0.3 is 24.0 Å². The van der Waals surface area contributed by atoms with Crippen molar-refractivity contribution >= 4 is 6.09 Å². The number of methoxy groups -OCH3 is 1. The Morgan fingerprint density at radius 1 is 1.22 bits per heavy atom. The average molecular weight is 283 g/mol. The summed E-state index contributed by atoms with van der Waals surface area (Å²) in [6.07, 6.45) is -8.55. The molecule has 0 aliphatic carbocycles. The van der Waals surface area contributed by atoms with Gasteiger partial charge in [0.1, 0.15) is 0 Å². The van der Waals surface area contributed by atoms with Gasteiger partial charge in [0.2, 0.25) is 0 Å². The molecule has 108 valence electrons. The maximum atomic E-state index is 13.7. The van der Waals surface area contributed by atoms with Crippen LogP contribution in [0.5, 0.6) is 0 Å². The molecule has 0 aliphatic rings. The second-order valence-corrected chi connectivity index (χ2v) is 3.44. The van der Waals surface area contributed by atoms with E-state index in [4.69, 9.17) is 5.11 Å². The molecule has 4 nitrogen and oxygen atoms in total. The van der Waals surface area contributed by atoms with Crippen molar-refractivity contribution in [1.29, 1.82) is 0 Å². The Bertz CT molecular complexity index is 286. The molecule has 1 amide bonds. The lowest BCUT2D eigenvalue weighted by Crippen LogP contribution is -2.66. The normalized spacial score (nSPS) is 16.2. The summed E-state index contributed by atoms with van der Waals surface area (Å²) in [5.74, 6) is -10.3. The molecule has 18 heavy (non-hydrogen) atoms. The highest BCUT2D eigenvalue weighted by Crippen LogP contribution is 2.47. The molecule has 0 radical (unpaired) electrons. The molecule has 1 atom stereocenters. The molecule has 1 N–H and O–H groups in total. The van der Waals surface area contributed by atoms with Crippen LogP contribution in [0.3, 0.4) is 0 Å². The van der Waals surface area contributed by atoms with Crippen LogP contribution in [0.15, 0.2) is 0 Å². The van der Waals surface area contributed by atoms with Crippen LogP contribution in [0.4, 0.5) is 31.1 Å². The second-order valence-electron chi connectivity index (χ2n) is 3.44. The van der Waals surface area contributed by atoms with Crippen molar-refractivity contribution in [2.45, 2.75) is 24.8 Å². The molecular formula is C8H11F6NO3. The number of carboxylic acid groups (broad SMARTS) is 1. The Labute approximate surface area is 98.1 Å². The maximum Gasteiger partial charge on any atom is 0.448 e. The molecule has 0 aromatic carbocycles. The number of hydrogen-bond donors (Lipinski definition) is 1. The van der Waals surface area contributed by atoms with Crippen molar-refractivity contribution in [3.63, 3.8) is 0 Å². The summed E-state index contributed by atoms with van der Waals surface area (Å²) >= 11 is 0. The van der Waals surface area contributed by atoms with Crippen molar-refractivity contribution in [3.8, 4) is 0 Å². The van der Waals surface area contributed by atoms with E-state index in [1.165, 1.54) is 0 Å². The first kappa shape index (κ1) is 16.8. The highest BCUT2D eigenvalue weighted by Gasteiger charge is 2.73. The fourth-order valence-electron chi connectivity index (χ4n) is 1.20. The van der Waals surface area contributed by atoms with Crippen LogP contribution in [-0.2, 0) is 4.74 Å². The van der Waals surface area contributed by atoms with Gasteiger partial charge in [0.25, 0.3) is 0 Å². The van der Waals surface area contributed by atoms with Gasteiger partial charge in [-0.05, 0) is 0 Å². The summed E-state index contributed by atoms with van der Waals surface area (Å²) in [5.41, 5.74) is 0. The van der Waals surface area contributed by atoms with Crippen molar-refractivity contribution in [3.05, 3.63) is 0 Å². The van der Waals surface area contributed by atoms with E-state index in [9.17, 15) is 31.1 Å². The van der Waals surface area contributed by atoms with Gasteiger partial charge < -0.3 is 9.84 Å². The van der Waals surface area contributed by atoms with Gasteiger partial charge in [-0.25, -0.2) is 18.0 Å². The standard InChI is InChI=1S/C8H11F6NO3/c1-6(9,10)7(11,8(12,13)14)15(5(16)17)3-4-18-2/h3-4H2,1-2H3,(H,16,17). The highest BCUT2D eigenvalue weighted by atomic mass is 19.4. The number of alkyl halides is 6. The lowest BCUT2D eigenvalue weighted by Gasteiger charge is -2.39. The zero-order chi connectivity index (χ0) is 14.8. The first-order valence-corrected chi connectivity index (χ1v) is 4.52. The third kappa shape index (κ3) is 2.98. The summed E-state index contributed by atoms with van der Waals surface area (Å²) in [6, 6.07) is 0. The zero-order valence-corrected chi connectivity index (χ0v) is 9.39. The molecule has 0 aromatic rings. The topological polar surface area (TPSA) is 49.8 Å². The SMILES string of the molecule is COCCN(C(=O)O)C(F)(C(C)(F)F)C(F)(F)F. The summed E-state index contributed by atoms with van der Waals surface area (Å²) < 4.78 is 81.0. The molecule has 0 spiro atoms. The van der Waals surface area contributed by atoms with Crippen LogP contribution >= 0.6 is 0 Å². The van der Waals surface area contributed by atoms with Gasteiger partial charge in [0.05, 0.1) is 13.2 Å². The van der Waals surface area contributed by atoms with Crippen molar-refractivity contribution in [2.24, 2.45) is 0 Å². The average Bonchev–Trinajstić information content (AvgIpc) is 2.13. The summed E-state index contributed by atoms with van der Waals surface area (Å²) in [7, 11) is 0.998. The quantitative estimate of drug-likeness (QED) is 0.623. The van der Waals surface area contributed by atoms with E-state index >= 15 is 0 Å². The third-order valence-corrected chi connectivity index (χ3v) is 2.08.